The van der Waals surface area contributed by atoms with Crippen LogP contribution in [0.4, 0.5) is 13.2 Å². The molecule has 7 nitrogen and oxygen atoms in total. The minimum atomic E-state index is -4.58. The highest BCUT2D eigenvalue weighted by molar-refractivity contribution is 7.89. The minimum Gasteiger partial charge on any atom is -0.329 e. The fourth-order valence-corrected chi connectivity index (χ4v) is 4.11. The SMILES string of the molecule is CNS(=O)(=O)c1ccc2c(c1)c1ncn(C)c1c(=O)n2-c1cccc(C(F)(F)F)c1. The summed E-state index contributed by atoms with van der Waals surface area (Å²) in [7, 11) is -0.946. The van der Waals surface area contributed by atoms with Crippen LogP contribution in [0.5, 0.6) is 0 Å². The summed E-state index contributed by atoms with van der Waals surface area (Å²) in [6.45, 7) is 0. The van der Waals surface area contributed by atoms with E-state index in [0.29, 0.717) is 5.39 Å². The van der Waals surface area contributed by atoms with E-state index >= 15 is 0 Å². The number of nitrogens with one attached hydrogen (secondary N) is 1. The standard InChI is InChI=1S/C19H15F3N4O3S/c1-23-30(28,29)13-6-7-15-14(9-13)16-17(25(2)10-24-16)18(27)26(15)12-5-3-4-11(8-12)19(20,21)22/h3-10,23H,1-2H3. The smallest absolute Gasteiger partial charge is 0.329 e. The van der Waals surface area contributed by atoms with Crippen LogP contribution in [-0.4, -0.2) is 29.6 Å². The van der Waals surface area contributed by atoms with E-state index in [1.54, 1.807) is 7.05 Å². The third kappa shape index (κ3) is 3.06. The highest BCUT2D eigenvalue weighted by Crippen LogP contribution is 2.32. The van der Waals surface area contributed by atoms with Gasteiger partial charge in [0.05, 0.1) is 22.3 Å². The highest BCUT2D eigenvalue weighted by atomic mass is 32.2. The Morgan fingerprint density at radius 1 is 1.10 bits per heavy atom. The second-order valence-corrected chi connectivity index (χ2v) is 8.51. The van der Waals surface area contributed by atoms with Gasteiger partial charge in [-0.1, -0.05) is 6.07 Å². The van der Waals surface area contributed by atoms with Crippen molar-refractivity contribution in [3.63, 3.8) is 0 Å². The third-order valence-electron chi connectivity index (χ3n) is 4.82. The number of alkyl halides is 3. The van der Waals surface area contributed by atoms with E-state index in [4.69, 9.17) is 0 Å². The Labute approximate surface area is 168 Å². The zero-order chi connectivity index (χ0) is 21.8. The molecular weight excluding hydrogens is 421 g/mol. The van der Waals surface area contributed by atoms with Crippen LogP contribution in [0.15, 0.2) is 58.5 Å². The van der Waals surface area contributed by atoms with Crippen LogP contribution < -0.4 is 10.3 Å². The molecule has 4 rings (SSSR count). The minimum absolute atomic E-state index is 0.00662. The Morgan fingerprint density at radius 2 is 1.83 bits per heavy atom. The summed E-state index contributed by atoms with van der Waals surface area (Å²) >= 11 is 0. The number of sulfonamides is 1. The molecule has 0 amide bonds. The molecule has 0 aliphatic rings. The lowest BCUT2D eigenvalue weighted by Crippen LogP contribution is -2.22. The van der Waals surface area contributed by atoms with Crippen molar-refractivity contribution in [1.29, 1.82) is 0 Å². The predicted molar refractivity (Wildman–Crippen MR) is 105 cm³/mol. The van der Waals surface area contributed by atoms with E-state index in [1.165, 1.54) is 48.3 Å². The van der Waals surface area contributed by atoms with Crippen molar-refractivity contribution in [2.24, 2.45) is 7.05 Å². The van der Waals surface area contributed by atoms with E-state index in [2.05, 4.69) is 9.71 Å². The lowest BCUT2D eigenvalue weighted by Gasteiger charge is -2.15. The van der Waals surface area contributed by atoms with Crippen molar-refractivity contribution in [3.8, 4) is 5.69 Å². The first kappa shape index (κ1) is 20.1. The first-order valence-corrected chi connectivity index (χ1v) is 10.1. The van der Waals surface area contributed by atoms with E-state index in [0.717, 1.165) is 16.7 Å². The van der Waals surface area contributed by atoms with E-state index in [-0.39, 0.29) is 27.1 Å². The number of benzene rings is 2. The van der Waals surface area contributed by atoms with Gasteiger partial charge in [0.25, 0.3) is 5.56 Å². The molecule has 2 aromatic heterocycles. The fourth-order valence-electron chi connectivity index (χ4n) is 3.36. The molecular formula is C19H15F3N4O3S. The number of hydrogen-bond acceptors (Lipinski definition) is 4. The van der Waals surface area contributed by atoms with E-state index in [9.17, 15) is 26.4 Å². The number of fused-ring (bicyclic) bond motifs is 3. The van der Waals surface area contributed by atoms with Crippen molar-refractivity contribution in [1.82, 2.24) is 18.8 Å². The van der Waals surface area contributed by atoms with Crippen molar-refractivity contribution in [3.05, 3.63) is 64.7 Å². The summed E-state index contributed by atoms with van der Waals surface area (Å²) in [5, 5.41) is 0.318. The number of nitrogens with zero attached hydrogens (tertiary/aromatic N) is 3. The molecule has 0 unspecified atom stereocenters. The lowest BCUT2D eigenvalue weighted by molar-refractivity contribution is -0.137. The number of halogens is 3. The Bertz CT molecular complexity index is 1470. The molecule has 0 bridgehead atoms. The second kappa shape index (κ2) is 6.67. The van der Waals surface area contributed by atoms with Gasteiger partial charge in [-0.15, -0.1) is 0 Å². The predicted octanol–water partition coefficient (Wildman–Crippen LogP) is 2.80. The van der Waals surface area contributed by atoms with Crippen LogP contribution in [0.1, 0.15) is 5.56 Å². The number of aromatic nitrogens is 3. The van der Waals surface area contributed by atoms with Crippen LogP contribution >= 0.6 is 0 Å². The van der Waals surface area contributed by atoms with Gasteiger partial charge >= 0.3 is 6.18 Å². The van der Waals surface area contributed by atoms with Crippen LogP contribution in [0.2, 0.25) is 0 Å². The maximum atomic E-state index is 13.2. The largest absolute Gasteiger partial charge is 0.416 e. The molecule has 2 heterocycles. The van der Waals surface area contributed by atoms with Gasteiger partial charge in [-0.25, -0.2) is 18.1 Å². The first-order chi connectivity index (χ1) is 14.0. The zero-order valence-corrected chi connectivity index (χ0v) is 16.5. The van der Waals surface area contributed by atoms with Crippen molar-refractivity contribution < 1.29 is 21.6 Å². The Morgan fingerprint density at radius 3 is 2.50 bits per heavy atom. The Kier molecular flexibility index (Phi) is 4.47. The summed E-state index contributed by atoms with van der Waals surface area (Å²) in [5.74, 6) is 0. The molecule has 11 heteroatoms. The molecule has 0 saturated heterocycles. The summed E-state index contributed by atoms with van der Waals surface area (Å²) in [6.07, 6.45) is -3.19. The monoisotopic (exact) mass is 436 g/mol. The summed E-state index contributed by atoms with van der Waals surface area (Å²) in [5.41, 5.74) is -0.832. The fraction of sp³-hybridized carbons (Fsp3) is 0.158. The van der Waals surface area contributed by atoms with Gasteiger partial charge in [0.2, 0.25) is 10.0 Å². The number of rotatable bonds is 3. The van der Waals surface area contributed by atoms with Gasteiger partial charge in [-0.05, 0) is 43.4 Å². The van der Waals surface area contributed by atoms with Gasteiger partial charge < -0.3 is 4.57 Å². The van der Waals surface area contributed by atoms with E-state index in [1.807, 2.05) is 0 Å². The third-order valence-corrected chi connectivity index (χ3v) is 6.23. The van der Waals surface area contributed by atoms with Crippen molar-refractivity contribution >= 4 is 32.0 Å². The Balaban J connectivity index is 2.16. The maximum absolute atomic E-state index is 13.2. The molecule has 4 aromatic rings. The van der Waals surface area contributed by atoms with Crippen molar-refractivity contribution in [2.75, 3.05) is 7.05 Å². The average molecular weight is 436 g/mol. The van der Waals surface area contributed by atoms with Crippen molar-refractivity contribution in [2.45, 2.75) is 11.1 Å². The molecule has 2 aromatic carbocycles. The molecule has 0 spiro atoms. The maximum Gasteiger partial charge on any atom is 0.416 e. The van der Waals surface area contributed by atoms with Gasteiger partial charge in [-0.2, -0.15) is 13.2 Å². The number of aryl methyl sites for hydroxylation is 1. The van der Waals surface area contributed by atoms with Gasteiger partial charge in [0.1, 0.15) is 11.0 Å². The highest BCUT2D eigenvalue weighted by Gasteiger charge is 2.31. The quantitative estimate of drug-likeness (QED) is 0.535. The average Bonchev–Trinajstić information content (AvgIpc) is 3.09. The molecule has 156 valence electrons. The summed E-state index contributed by atoms with van der Waals surface area (Å²) < 4.78 is 68.9. The molecule has 0 radical (unpaired) electrons. The molecule has 1 N–H and O–H groups in total. The molecule has 0 fully saturated rings. The van der Waals surface area contributed by atoms with Crippen LogP contribution in [-0.2, 0) is 23.2 Å². The lowest BCUT2D eigenvalue weighted by atomic mass is 10.1. The van der Waals surface area contributed by atoms with Crippen LogP contribution in [0, 0.1) is 0 Å². The van der Waals surface area contributed by atoms with Crippen LogP contribution in [0.25, 0.3) is 27.6 Å². The summed E-state index contributed by atoms with van der Waals surface area (Å²) in [4.78, 5) is 17.4. The van der Waals surface area contributed by atoms with Gasteiger partial charge in [-0.3, -0.25) is 9.36 Å². The number of imidazole rings is 1. The molecule has 0 saturated carbocycles. The van der Waals surface area contributed by atoms with Gasteiger partial charge in [0, 0.05) is 18.1 Å². The van der Waals surface area contributed by atoms with Gasteiger partial charge in [0.15, 0.2) is 0 Å². The van der Waals surface area contributed by atoms with Crippen LogP contribution in [0.3, 0.4) is 0 Å². The molecule has 30 heavy (non-hydrogen) atoms. The number of hydrogen-bond donors (Lipinski definition) is 1. The molecule has 0 aliphatic heterocycles. The molecule has 0 aliphatic carbocycles. The Hall–Kier alpha value is -3.18. The normalized spacial score (nSPS) is 12.7. The summed E-state index contributed by atoms with van der Waals surface area (Å²) in [6, 6.07) is 8.40. The van der Waals surface area contributed by atoms with E-state index < -0.39 is 27.3 Å². The topological polar surface area (TPSA) is 86.0 Å². The second-order valence-electron chi connectivity index (χ2n) is 6.63. The number of pyridine rings is 1. The first-order valence-electron chi connectivity index (χ1n) is 8.65. The zero-order valence-electron chi connectivity index (χ0n) is 15.7. The molecule has 0 atom stereocenters.